The van der Waals surface area contributed by atoms with Crippen molar-refractivity contribution < 1.29 is 38.7 Å². The lowest BCUT2D eigenvalue weighted by Crippen LogP contribution is -2.70. The number of fused-ring (bicyclic) bond motifs is 5. The quantitative estimate of drug-likeness (QED) is 0.277. The molecule has 9 heteroatoms. The van der Waals surface area contributed by atoms with Crippen molar-refractivity contribution in [3.63, 3.8) is 0 Å². The summed E-state index contributed by atoms with van der Waals surface area (Å²) in [6, 6.07) is 5.27. The van der Waals surface area contributed by atoms with Crippen LogP contribution >= 0.6 is 0 Å². The number of aliphatic hydroxyl groups excluding tert-OH is 2. The van der Waals surface area contributed by atoms with Crippen LogP contribution in [0.5, 0.6) is 17.2 Å². The van der Waals surface area contributed by atoms with Crippen molar-refractivity contribution in [3.8, 4) is 17.2 Å². The van der Waals surface area contributed by atoms with Crippen LogP contribution in [-0.4, -0.2) is 72.1 Å². The lowest BCUT2D eigenvalue weighted by atomic mass is 9.44. The lowest BCUT2D eigenvalue weighted by Gasteiger charge is -2.62. The monoisotopic (exact) mass is 573 g/mol. The summed E-state index contributed by atoms with van der Waals surface area (Å²) in [5.74, 6) is 0.0584. The van der Waals surface area contributed by atoms with Crippen molar-refractivity contribution in [2.24, 2.45) is 28.6 Å². The molecule has 0 aromatic heterocycles. The summed E-state index contributed by atoms with van der Waals surface area (Å²) in [6.45, 7) is 6.13. The zero-order valence-corrected chi connectivity index (χ0v) is 24.7. The van der Waals surface area contributed by atoms with Crippen LogP contribution in [0.3, 0.4) is 0 Å². The fourth-order valence-electron chi connectivity index (χ4n) is 8.65. The first kappa shape index (κ1) is 29.9. The molecule has 3 saturated carbocycles. The standard InChI is InChI=1S/C32H44FNO7/c1-19-15-24-23-9-7-20-16-21(35)11-12-29(20,2)31(23,33)27(36)18-30(24,3)32(19,38)28(37)34-13-6-14-41-22-8-10-25(39-4)26(17-22)40-5/h8,10-12,16-17,19,21,23-24,27,35-36,38H,6-7,9,13-15,18H2,1-5H3,(H,34,37)/t19-,21?,23+,24+,27+,29+,30+,31+,32+/m1/s1. The van der Waals surface area contributed by atoms with E-state index in [0.717, 1.165) is 5.57 Å². The van der Waals surface area contributed by atoms with Crippen molar-refractivity contribution in [2.45, 2.75) is 76.4 Å². The van der Waals surface area contributed by atoms with Crippen molar-refractivity contribution in [2.75, 3.05) is 27.4 Å². The van der Waals surface area contributed by atoms with E-state index in [0.29, 0.717) is 56.1 Å². The number of benzene rings is 1. The van der Waals surface area contributed by atoms with E-state index in [1.165, 1.54) is 0 Å². The fourth-order valence-corrected chi connectivity index (χ4v) is 8.65. The molecule has 41 heavy (non-hydrogen) atoms. The van der Waals surface area contributed by atoms with Crippen molar-refractivity contribution in [1.82, 2.24) is 5.32 Å². The molecule has 0 heterocycles. The average molecular weight is 574 g/mol. The number of carbonyl (C=O) groups excluding carboxylic acids is 1. The van der Waals surface area contributed by atoms with Crippen molar-refractivity contribution in [1.29, 1.82) is 0 Å². The number of halogens is 1. The maximum absolute atomic E-state index is 17.3. The van der Waals surface area contributed by atoms with Crippen LogP contribution in [0.2, 0.25) is 0 Å². The molecule has 4 aliphatic carbocycles. The minimum Gasteiger partial charge on any atom is -0.493 e. The van der Waals surface area contributed by atoms with Gasteiger partial charge in [0.15, 0.2) is 22.8 Å². The lowest BCUT2D eigenvalue weighted by molar-refractivity contribution is -0.219. The number of ether oxygens (including phenoxy) is 3. The molecule has 1 unspecified atom stereocenters. The number of amides is 1. The maximum atomic E-state index is 17.3. The van der Waals surface area contributed by atoms with Gasteiger partial charge in [-0.3, -0.25) is 4.79 Å². The highest BCUT2D eigenvalue weighted by Crippen LogP contribution is 2.70. The Balaban J connectivity index is 1.27. The Morgan fingerprint density at radius 3 is 2.59 bits per heavy atom. The smallest absolute Gasteiger partial charge is 0.252 e. The number of rotatable bonds is 8. The first-order chi connectivity index (χ1) is 19.4. The van der Waals surface area contributed by atoms with E-state index in [9.17, 15) is 20.1 Å². The predicted molar refractivity (Wildman–Crippen MR) is 152 cm³/mol. The molecule has 0 aliphatic heterocycles. The summed E-state index contributed by atoms with van der Waals surface area (Å²) in [5, 5.41) is 36.6. The molecule has 0 bridgehead atoms. The highest BCUT2D eigenvalue weighted by Gasteiger charge is 2.75. The van der Waals surface area contributed by atoms with Crippen LogP contribution < -0.4 is 19.5 Å². The second-order valence-electron chi connectivity index (χ2n) is 12.8. The van der Waals surface area contributed by atoms with Crippen LogP contribution in [0.25, 0.3) is 0 Å². The third kappa shape index (κ3) is 4.29. The number of alkyl halides is 1. The Bertz CT molecular complexity index is 1240. The SMILES string of the molecule is COc1ccc(OCCCNC(=O)[C@@]2(O)[C@H](C)C[C@H]3[C@@H]4CCC5=CC(O)C=C[C@]5(C)[C@@]4(F)[C@@H](O)C[C@@]32C)cc1OC. The van der Waals surface area contributed by atoms with Gasteiger partial charge in [-0.1, -0.05) is 37.6 Å². The number of carbonyl (C=O) groups is 1. The van der Waals surface area contributed by atoms with Gasteiger partial charge < -0.3 is 34.8 Å². The largest absolute Gasteiger partial charge is 0.493 e. The van der Waals surface area contributed by atoms with E-state index >= 15 is 4.39 Å². The molecule has 9 atom stereocenters. The van der Waals surface area contributed by atoms with Crippen LogP contribution in [0.4, 0.5) is 4.39 Å². The van der Waals surface area contributed by atoms with E-state index in [-0.39, 0.29) is 12.3 Å². The third-order valence-corrected chi connectivity index (χ3v) is 10.9. The molecule has 0 spiro atoms. The molecule has 1 amide bonds. The van der Waals surface area contributed by atoms with Crippen LogP contribution in [-0.2, 0) is 4.79 Å². The number of hydrogen-bond donors (Lipinski definition) is 4. The van der Waals surface area contributed by atoms with E-state index in [2.05, 4.69) is 5.32 Å². The van der Waals surface area contributed by atoms with Gasteiger partial charge in [-0.15, -0.1) is 0 Å². The Labute approximate surface area is 241 Å². The van der Waals surface area contributed by atoms with Crippen LogP contribution in [0, 0.1) is 28.6 Å². The predicted octanol–water partition coefficient (Wildman–Crippen LogP) is 3.73. The van der Waals surface area contributed by atoms with Crippen LogP contribution in [0.1, 0.15) is 52.9 Å². The highest BCUT2D eigenvalue weighted by molar-refractivity contribution is 5.87. The Morgan fingerprint density at radius 2 is 1.88 bits per heavy atom. The Hall–Kier alpha value is -2.62. The van der Waals surface area contributed by atoms with E-state index in [1.54, 1.807) is 57.6 Å². The van der Waals surface area contributed by atoms with Crippen LogP contribution in [0.15, 0.2) is 42.0 Å². The van der Waals surface area contributed by atoms with E-state index < -0.39 is 52.1 Å². The number of nitrogens with one attached hydrogen (secondary N) is 1. The first-order valence-corrected chi connectivity index (χ1v) is 14.7. The van der Waals surface area contributed by atoms with Gasteiger partial charge in [0, 0.05) is 29.4 Å². The van der Waals surface area contributed by atoms with Gasteiger partial charge in [0.25, 0.3) is 5.91 Å². The minimum absolute atomic E-state index is 0.0272. The van der Waals surface area contributed by atoms with Gasteiger partial charge >= 0.3 is 0 Å². The van der Waals surface area contributed by atoms with E-state index in [4.69, 9.17) is 14.2 Å². The number of hydrogen-bond acceptors (Lipinski definition) is 7. The molecule has 3 fully saturated rings. The summed E-state index contributed by atoms with van der Waals surface area (Å²) >= 11 is 0. The Kier molecular flexibility index (Phi) is 7.71. The topological polar surface area (TPSA) is 117 Å². The molecule has 1 aromatic carbocycles. The summed E-state index contributed by atoms with van der Waals surface area (Å²) < 4.78 is 33.7. The Morgan fingerprint density at radius 1 is 1.15 bits per heavy atom. The number of aliphatic hydroxyl groups is 3. The molecular weight excluding hydrogens is 529 g/mol. The fraction of sp³-hybridized carbons (Fsp3) is 0.656. The zero-order valence-electron chi connectivity index (χ0n) is 24.7. The average Bonchev–Trinajstić information content (AvgIpc) is 3.15. The summed E-state index contributed by atoms with van der Waals surface area (Å²) in [4.78, 5) is 13.6. The van der Waals surface area contributed by atoms with Gasteiger partial charge in [-0.05, 0) is 63.0 Å². The number of allylic oxidation sites excluding steroid dienone is 2. The minimum atomic E-state index is -1.96. The number of methoxy groups -OCH3 is 2. The summed E-state index contributed by atoms with van der Waals surface area (Å²) in [5.41, 5.74) is -4.94. The molecule has 226 valence electrons. The van der Waals surface area contributed by atoms with Crippen molar-refractivity contribution >= 4 is 5.91 Å². The molecular formula is C32H44FNO7. The second-order valence-corrected chi connectivity index (χ2v) is 12.8. The summed E-state index contributed by atoms with van der Waals surface area (Å²) in [7, 11) is 3.12. The molecule has 5 rings (SSSR count). The molecule has 4 aliphatic rings. The van der Waals surface area contributed by atoms with Gasteiger partial charge in [-0.25, -0.2) is 4.39 Å². The third-order valence-electron chi connectivity index (χ3n) is 10.9. The van der Waals surface area contributed by atoms with E-state index in [1.807, 2.05) is 13.8 Å². The summed E-state index contributed by atoms with van der Waals surface area (Å²) in [6.07, 6.45) is 4.95. The van der Waals surface area contributed by atoms with Crippen molar-refractivity contribution in [3.05, 3.63) is 42.0 Å². The first-order valence-electron chi connectivity index (χ1n) is 14.7. The molecule has 4 N–H and O–H groups in total. The normalized spacial score (nSPS) is 41.0. The maximum Gasteiger partial charge on any atom is 0.252 e. The molecule has 0 saturated heterocycles. The van der Waals surface area contributed by atoms with Gasteiger partial charge in [0.2, 0.25) is 0 Å². The zero-order chi connectivity index (χ0) is 29.8. The highest BCUT2D eigenvalue weighted by atomic mass is 19.1. The molecule has 0 radical (unpaired) electrons. The molecule has 1 aromatic rings. The van der Waals surface area contributed by atoms with Gasteiger partial charge in [0.05, 0.1) is 33.0 Å². The molecule has 8 nitrogen and oxygen atoms in total. The second kappa shape index (κ2) is 10.6. The van der Waals surface area contributed by atoms with Gasteiger partial charge in [0.1, 0.15) is 5.75 Å². The van der Waals surface area contributed by atoms with Gasteiger partial charge in [-0.2, -0.15) is 0 Å².